The number of nitrogens with two attached hydrogens (primary N) is 1. The van der Waals surface area contributed by atoms with E-state index in [9.17, 15) is 4.79 Å². The molecule has 2 aliphatic rings. The summed E-state index contributed by atoms with van der Waals surface area (Å²) in [5.74, 6) is 0.447. The highest BCUT2D eigenvalue weighted by Crippen LogP contribution is 2.37. The molecule has 1 fully saturated rings. The van der Waals surface area contributed by atoms with Crippen molar-refractivity contribution in [2.24, 2.45) is 12.8 Å². The number of pyridine rings is 1. The second-order valence-corrected chi connectivity index (χ2v) is 7.14. The third kappa shape index (κ3) is 2.87. The van der Waals surface area contributed by atoms with Crippen LogP contribution in [0.25, 0.3) is 11.3 Å². The molecule has 0 aromatic carbocycles. The molecular weight excluding hydrogens is 340 g/mol. The van der Waals surface area contributed by atoms with Gasteiger partial charge in [-0.1, -0.05) is 24.4 Å². The van der Waals surface area contributed by atoms with Crippen LogP contribution in [0.3, 0.4) is 0 Å². The minimum Gasteiger partial charge on any atom is -0.365 e. The maximum absolute atomic E-state index is 12.3. The SMILES string of the molecule is Cn1cc(-c2nc(NC3CCCCC3N)c(Cl)c3c2C(=O)NC3)cn1. The van der Waals surface area contributed by atoms with Gasteiger partial charge in [-0.3, -0.25) is 9.48 Å². The zero-order chi connectivity index (χ0) is 17.6. The molecule has 25 heavy (non-hydrogen) atoms. The standard InChI is InChI=1S/C17H21ClN6O/c1-24-8-9(6-21-24)15-13-10(7-20-17(13)25)14(18)16(23-15)22-12-5-3-2-4-11(12)19/h6,8,11-12H,2-5,7,19H2,1H3,(H,20,25)(H,22,23). The van der Waals surface area contributed by atoms with Gasteiger partial charge in [-0.25, -0.2) is 4.98 Å². The molecule has 0 radical (unpaired) electrons. The average Bonchev–Trinajstić information content (AvgIpc) is 3.19. The van der Waals surface area contributed by atoms with Crippen LogP contribution in [0.4, 0.5) is 5.82 Å². The fourth-order valence-electron chi connectivity index (χ4n) is 3.64. The monoisotopic (exact) mass is 360 g/mol. The average molecular weight is 361 g/mol. The summed E-state index contributed by atoms with van der Waals surface area (Å²) < 4.78 is 1.69. The molecule has 2 aromatic heterocycles. The van der Waals surface area contributed by atoms with Crippen molar-refractivity contribution in [1.29, 1.82) is 0 Å². The predicted molar refractivity (Wildman–Crippen MR) is 96.5 cm³/mol. The van der Waals surface area contributed by atoms with Crippen molar-refractivity contribution >= 4 is 23.3 Å². The van der Waals surface area contributed by atoms with Gasteiger partial charge in [0.2, 0.25) is 0 Å². The van der Waals surface area contributed by atoms with E-state index in [1.165, 1.54) is 0 Å². The number of amides is 1. The van der Waals surface area contributed by atoms with Crippen LogP contribution in [0.1, 0.15) is 41.6 Å². The summed E-state index contributed by atoms with van der Waals surface area (Å²) in [5.41, 5.74) is 8.97. The number of anilines is 1. The number of aryl methyl sites for hydroxylation is 1. The summed E-state index contributed by atoms with van der Waals surface area (Å²) in [7, 11) is 1.83. The molecule has 1 saturated carbocycles. The van der Waals surface area contributed by atoms with Gasteiger partial charge in [-0.05, 0) is 12.8 Å². The first-order chi connectivity index (χ1) is 12.0. The molecule has 132 valence electrons. The summed E-state index contributed by atoms with van der Waals surface area (Å²) >= 11 is 6.57. The maximum Gasteiger partial charge on any atom is 0.254 e. The van der Waals surface area contributed by atoms with Crippen molar-refractivity contribution in [1.82, 2.24) is 20.1 Å². The number of carbonyl (C=O) groups excluding carboxylic acids is 1. The third-order valence-corrected chi connectivity index (χ3v) is 5.41. The van der Waals surface area contributed by atoms with E-state index in [4.69, 9.17) is 22.3 Å². The van der Waals surface area contributed by atoms with E-state index in [1.54, 1.807) is 10.9 Å². The Morgan fingerprint density at radius 2 is 2.20 bits per heavy atom. The molecule has 2 atom stereocenters. The van der Waals surface area contributed by atoms with E-state index in [2.05, 4.69) is 15.7 Å². The Labute approximate surface area is 150 Å². The second kappa shape index (κ2) is 6.31. The Morgan fingerprint density at radius 3 is 2.92 bits per heavy atom. The quantitative estimate of drug-likeness (QED) is 0.778. The summed E-state index contributed by atoms with van der Waals surface area (Å²) in [6.07, 6.45) is 7.84. The van der Waals surface area contributed by atoms with Crippen molar-refractivity contribution in [2.45, 2.75) is 44.3 Å². The molecule has 0 spiro atoms. The Bertz CT molecular complexity index is 833. The fourth-order valence-corrected chi connectivity index (χ4v) is 3.90. The summed E-state index contributed by atoms with van der Waals surface area (Å²) in [5, 5.41) is 11.0. The molecule has 1 amide bonds. The molecule has 1 aliphatic heterocycles. The number of rotatable bonds is 3. The Morgan fingerprint density at radius 1 is 1.40 bits per heavy atom. The lowest BCUT2D eigenvalue weighted by atomic mass is 9.91. The van der Waals surface area contributed by atoms with Crippen LogP contribution >= 0.6 is 11.6 Å². The summed E-state index contributed by atoms with van der Waals surface area (Å²) in [6.45, 7) is 0.411. The van der Waals surface area contributed by atoms with Crippen LogP contribution in [-0.4, -0.2) is 32.8 Å². The van der Waals surface area contributed by atoms with Gasteiger partial charge in [0.1, 0.15) is 5.82 Å². The molecule has 1 aliphatic carbocycles. The molecule has 2 unspecified atom stereocenters. The van der Waals surface area contributed by atoms with E-state index in [0.717, 1.165) is 36.8 Å². The minimum atomic E-state index is -0.149. The number of halogens is 1. The van der Waals surface area contributed by atoms with Crippen molar-refractivity contribution in [3.63, 3.8) is 0 Å². The number of aromatic nitrogens is 3. The Balaban J connectivity index is 1.79. The number of carbonyl (C=O) groups is 1. The number of nitrogens with zero attached hydrogens (tertiary/aromatic N) is 3. The Hall–Kier alpha value is -2.12. The van der Waals surface area contributed by atoms with Gasteiger partial charge in [-0.15, -0.1) is 0 Å². The van der Waals surface area contributed by atoms with E-state index in [0.29, 0.717) is 28.6 Å². The first kappa shape index (κ1) is 16.4. The van der Waals surface area contributed by atoms with E-state index >= 15 is 0 Å². The van der Waals surface area contributed by atoms with Crippen LogP contribution < -0.4 is 16.4 Å². The third-order valence-electron chi connectivity index (χ3n) is 5.01. The van der Waals surface area contributed by atoms with Gasteiger partial charge in [0.25, 0.3) is 5.91 Å². The Kier molecular flexibility index (Phi) is 4.13. The number of hydrogen-bond acceptors (Lipinski definition) is 5. The van der Waals surface area contributed by atoms with Gasteiger partial charge < -0.3 is 16.4 Å². The second-order valence-electron chi connectivity index (χ2n) is 6.76. The highest BCUT2D eigenvalue weighted by atomic mass is 35.5. The lowest BCUT2D eigenvalue weighted by molar-refractivity contribution is 0.0966. The molecule has 0 bridgehead atoms. The van der Waals surface area contributed by atoms with Gasteiger partial charge in [0, 0.05) is 43.0 Å². The maximum atomic E-state index is 12.3. The summed E-state index contributed by atoms with van der Waals surface area (Å²) in [4.78, 5) is 17.0. The van der Waals surface area contributed by atoms with Crippen LogP contribution in [0, 0.1) is 0 Å². The van der Waals surface area contributed by atoms with Gasteiger partial charge in [-0.2, -0.15) is 5.10 Å². The predicted octanol–water partition coefficient (Wildman–Crippen LogP) is 2.06. The zero-order valence-electron chi connectivity index (χ0n) is 14.1. The molecule has 2 aromatic rings. The van der Waals surface area contributed by atoms with Crippen molar-refractivity contribution in [3.05, 3.63) is 28.5 Å². The van der Waals surface area contributed by atoms with Crippen LogP contribution in [-0.2, 0) is 13.6 Å². The molecule has 3 heterocycles. The normalized spacial score (nSPS) is 22.6. The lowest BCUT2D eigenvalue weighted by Crippen LogP contribution is -2.42. The van der Waals surface area contributed by atoms with Gasteiger partial charge >= 0.3 is 0 Å². The van der Waals surface area contributed by atoms with Crippen LogP contribution in [0.15, 0.2) is 12.4 Å². The van der Waals surface area contributed by atoms with Crippen molar-refractivity contribution < 1.29 is 4.79 Å². The van der Waals surface area contributed by atoms with E-state index < -0.39 is 0 Å². The molecule has 0 saturated heterocycles. The van der Waals surface area contributed by atoms with Crippen molar-refractivity contribution in [2.75, 3.05) is 5.32 Å². The largest absolute Gasteiger partial charge is 0.365 e. The topological polar surface area (TPSA) is 97.9 Å². The first-order valence-corrected chi connectivity index (χ1v) is 8.94. The zero-order valence-corrected chi connectivity index (χ0v) is 14.8. The summed E-state index contributed by atoms with van der Waals surface area (Å²) in [6, 6.07) is 0.227. The van der Waals surface area contributed by atoms with Crippen LogP contribution in [0.5, 0.6) is 0 Å². The smallest absolute Gasteiger partial charge is 0.254 e. The molecule has 7 nitrogen and oxygen atoms in total. The first-order valence-electron chi connectivity index (χ1n) is 8.56. The molecule has 4 N–H and O–H groups in total. The minimum absolute atomic E-state index is 0.0847. The molecular formula is C17H21ClN6O. The molecule has 8 heteroatoms. The lowest BCUT2D eigenvalue weighted by Gasteiger charge is -2.30. The van der Waals surface area contributed by atoms with Gasteiger partial charge in [0.15, 0.2) is 0 Å². The number of nitrogens with one attached hydrogen (secondary N) is 2. The van der Waals surface area contributed by atoms with Gasteiger partial charge in [0.05, 0.1) is 22.5 Å². The van der Waals surface area contributed by atoms with E-state index in [-0.39, 0.29) is 18.0 Å². The van der Waals surface area contributed by atoms with Crippen LogP contribution in [0.2, 0.25) is 5.02 Å². The fraction of sp³-hybridized carbons (Fsp3) is 0.471. The van der Waals surface area contributed by atoms with E-state index in [1.807, 2.05) is 13.2 Å². The number of hydrogen-bond donors (Lipinski definition) is 3. The van der Waals surface area contributed by atoms with Crippen molar-refractivity contribution in [3.8, 4) is 11.3 Å². The highest BCUT2D eigenvalue weighted by Gasteiger charge is 2.31. The highest BCUT2D eigenvalue weighted by molar-refractivity contribution is 6.34. The number of fused-ring (bicyclic) bond motifs is 1. The molecule has 4 rings (SSSR count).